The molecule has 2 nitrogen and oxygen atoms in total. The van der Waals surface area contributed by atoms with Crippen LogP contribution in [0.4, 0.5) is 0 Å². The molecule has 1 saturated heterocycles. The fourth-order valence-electron chi connectivity index (χ4n) is 2.45. The average molecular weight is 264 g/mol. The number of unbranched alkanes of at least 4 members (excludes halogenated alkanes) is 2. The fourth-order valence-corrected chi connectivity index (χ4v) is 5.14. The quantitative estimate of drug-likeness (QED) is 0.502. The van der Waals surface area contributed by atoms with Crippen molar-refractivity contribution in [2.45, 2.75) is 37.9 Å². The molecule has 3 heteroatoms. The molecule has 2 unspecified atom stereocenters. The number of thiol groups is 1. The van der Waals surface area contributed by atoms with Crippen LogP contribution in [0.3, 0.4) is 0 Å². The summed E-state index contributed by atoms with van der Waals surface area (Å²) in [4.78, 5) is 24.0. The highest BCUT2D eigenvalue weighted by Gasteiger charge is 2.38. The second-order valence-corrected chi connectivity index (χ2v) is 7.15. The number of carbonyl (C=O) groups excluding carboxylic acids is 2. The lowest BCUT2D eigenvalue weighted by Gasteiger charge is -2.21. The zero-order valence-corrected chi connectivity index (χ0v) is 11.7. The number of hydrogen-bond donors (Lipinski definition) is 1. The minimum atomic E-state index is -0.785. The lowest BCUT2D eigenvalue weighted by Crippen LogP contribution is -2.06. The van der Waals surface area contributed by atoms with Gasteiger partial charge in [0.15, 0.2) is 10.9 Å². The lowest BCUT2D eigenvalue weighted by molar-refractivity contribution is -0.121. The highest BCUT2D eigenvalue weighted by Crippen LogP contribution is 2.51. The summed E-state index contributed by atoms with van der Waals surface area (Å²) in [5.41, 5.74) is 1.04. The van der Waals surface area contributed by atoms with E-state index in [1.54, 1.807) is 0 Å². The van der Waals surface area contributed by atoms with Crippen molar-refractivity contribution in [3.63, 3.8) is 0 Å². The molecule has 0 amide bonds. The lowest BCUT2D eigenvalue weighted by atomic mass is 10.1. The van der Waals surface area contributed by atoms with Gasteiger partial charge in [0.1, 0.15) is 0 Å². The van der Waals surface area contributed by atoms with Crippen LogP contribution in [-0.2, 0) is 9.59 Å². The first kappa shape index (κ1) is 13.3. The summed E-state index contributed by atoms with van der Waals surface area (Å²) in [6.07, 6.45) is 3.55. The van der Waals surface area contributed by atoms with Crippen LogP contribution in [0.1, 0.15) is 43.4 Å². The average Bonchev–Trinajstić information content (AvgIpc) is 2.66. The molecule has 0 radical (unpaired) electrons. The van der Waals surface area contributed by atoms with Crippen LogP contribution in [-0.4, -0.2) is 16.7 Å². The Bertz CT molecular complexity index is 427. The Labute approximate surface area is 111 Å². The molecule has 0 bridgehead atoms. The topological polar surface area (TPSA) is 34.1 Å². The van der Waals surface area contributed by atoms with Gasteiger partial charge in [-0.1, -0.05) is 50.1 Å². The summed E-state index contributed by atoms with van der Waals surface area (Å²) in [5, 5.41) is 0.0884. The summed E-state index contributed by atoms with van der Waals surface area (Å²) in [6.45, 7) is 2.16. The molecular weight excluding hydrogens is 244 g/mol. The zero-order valence-electron chi connectivity index (χ0n) is 10.8. The first-order valence-electron chi connectivity index (χ1n) is 6.61. The Morgan fingerprint density at radius 3 is 2.56 bits per heavy atom. The van der Waals surface area contributed by atoms with E-state index in [1.807, 2.05) is 30.3 Å². The Balaban J connectivity index is 2.15. The molecule has 1 aromatic carbocycles. The van der Waals surface area contributed by atoms with E-state index in [1.165, 1.54) is 0 Å². The van der Waals surface area contributed by atoms with E-state index >= 15 is 0 Å². The number of hydrogen-bond acceptors (Lipinski definition) is 2. The van der Waals surface area contributed by atoms with Gasteiger partial charge in [0.2, 0.25) is 0 Å². The Kier molecular flexibility index (Phi) is 4.59. The summed E-state index contributed by atoms with van der Waals surface area (Å²) >= 11 is 0. The van der Waals surface area contributed by atoms with Gasteiger partial charge >= 0.3 is 0 Å². The third-order valence-electron chi connectivity index (χ3n) is 3.38. The number of carbonyl (C=O) groups is 2. The van der Waals surface area contributed by atoms with Crippen LogP contribution < -0.4 is 0 Å². The minimum Gasteiger partial charge on any atom is -0.298 e. The summed E-state index contributed by atoms with van der Waals surface area (Å²) in [5.74, 6) is 1.06. The second-order valence-electron chi connectivity index (χ2n) is 4.75. The predicted molar refractivity (Wildman–Crippen MR) is 77.2 cm³/mol. The highest BCUT2D eigenvalue weighted by molar-refractivity contribution is 8.31. The van der Waals surface area contributed by atoms with Gasteiger partial charge in [-0.25, -0.2) is 0 Å². The molecule has 0 aliphatic carbocycles. The third-order valence-corrected chi connectivity index (χ3v) is 6.19. The van der Waals surface area contributed by atoms with Crippen molar-refractivity contribution in [2.75, 3.05) is 5.75 Å². The van der Waals surface area contributed by atoms with Gasteiger partial charge in [0, 0.05) is 0 Å². The van der Waals surface area contributed by atoms with Gasteiger partial charge in [0.05, 0.1) is 11.7 Å². The Hall–Kier alpha value is -1.09. The highest BCUT2D eigenvalue weighted by atomic mass is 32.2. The smallest absolute Gasteiger partial charge is 0.177 e. The van der Waals surface area contributed by atoms with Crippen molar-refractivity contribution in [3.8, 4) is 0 Å². The molecule has 18 heavy (non-hydrogen) atoms. The Morgan fingerprint density at radius 2 is 1.89 bits per heavy atom. The second kappa shape index (κ2) is 6.19. The van der Waals surface area contributed by atoms with Crippen molar-refractivity contribution < 1.29 is 9.59 Å². The van der Waals surface area contributed by atoms with Crippen LogP contribution in [0.15, 0.2) is 30.3 Å². The van der Waals surface area contributed by atoms with E-state index in [-0.39, 0.29) is 22.6 Å². The molecule has 1 aromatic rings. The van der Waals surface area contributed by atoms with Crippen LogP contribution in [0.25, 0.3) is 0 Å². The maximum Gasteiger partial charge on any atom is 0.177 e. The Morgan fingerprint density at radius 1 is 1.17 bits per heavy atom. The largest absolute Gasteiger partial charge is 0.298 e. The monoisotopic (exact) mass is 264 g/mol. The number of rotatable bonds is 5. The van der Waals surface area contributed by atoms with Crippen molar-refractivity contribution in [1.82, 2.24) is 0 Å². The summed E-state index contributed by atoms with van der Waals surface area (Å²) in [6, 6.07) is 9.81. The van der Waals surface area contributed by atoms with E-state index in [4.69, 9.17) is 0 Å². The maximum absolute atomic E-state index is 12.0. The molecule has 0 N–H and O–H groups in total. The molecule has 1 aliphatic heterocycles. The van der Waals surface area contributed by atoms with Crippen LogP contribution in [0, 0.1) is 0 Å². The van der Waals surface area contributed by atoms with Gasteiger partial charge in [-0.2, -0.15) is 10.9 Å². The van der Waals surface area contributed by atoms with Crippen molar-refractivity contribution in [3.05, 3.63) is 35.9 Å². The minimum absolute atomic E-state index is 0.120. The molecule has 98 valence electrons. The molecule has 0 aromatic heterocycles. The molecule has 2 atom stereocenters. The SMILES string of the molecule is CCCCC[SH]1C(=O)CC(=O)C1c1ccccc1. The number of ketones is 1. The van der Waals surface area contributed by atoms with Crippen molar-refractivity contribution in [2.24, 2.45) is 0 Å². The van der Waals surface area contributed by atoms with Crippen LogP contribution in [0.5, 0.6) is 0 Å². The third kappa shape index (κ3) is 2.83. The maximum atomic E-state index is 12.0. The van der Waals surface area contributed by atoms with Gasteiger partial charge in [0.25, 0.3) is 0 Å². The molecule has 1 aliphatic rings. The first-order valence-corrected chi connectivity index (χ1v) is 8.20. The predicted octanol–water partition coefficient (Wildman–Crippen LogP) is 3.42. The number of Topliss-reactive ketones (excluding diaryl/α,β-unsaturated/α-hetero) is 1. The standard InChI is InChI=1S/C15H20O2S/c1-2-3-7-10-18-14(17)11-13(16)15(18)12-8-5-4-6-9-12/h4-6,8-9,15,18H,2-3,7,10-11H2,1H3. The van der Waals surface area contributed by atoms with E-state index in [2.05, 4.69) is 6.92 Å². The molecule has 1 fully saturated rings. The van der Waals surface area contributed by atoms with Crippen LogP contribution in [0.2, 0.25) is 0 Å². The summed E-state index contributed by atoms with van der Waals surface area (Å²) in [7, 11) is -0.785. The van der Waals surface area contributed by atoms with Gasteiger partial charge < -0.3 is 0 Å². The first-order chi connectivity index (χ1) is 8.74. The molecular formula is C15H20O2S. The fraction of sp³-hybridized carbons (Fsp3) is 0.467. The van der Waals surface area contributed by atoms with E-state index in [9.17, 15) is 9.59 Å². The van der Waals surface area contributed by atoms with Crippen LogP contribution >= 0.6 is 10.9 Å². The number of benzene rings is 1. The zero-order chi connectivity index (χ0) is 13.0. The van der Waals surface area contributed by atoms with Gasteiger partial charge in [-0.15, -0.1) is 0 Å². The van der Waals surface area contributed by atoms with E-state index in [0.29, 0.717) is 0 Å². The van der Waals surface area contributed by atoms with Gasteiger partial charge in [-0.3, -0.25) is 9.59 Å². The molecule has 0 spiro atoms. The van der Waals surface area contributed by atoms with E-state index < -0.39 is 10.9 Å². The molecule has 2 rings (SSSR count). The molecule has 0 saturated carbocycles. The molecule has 1 heterocycles. The van der Waals surface area contributed by atoms with Crippen molar-refractivity contribution >= 4 is 21.8 Å². The summed E-state index contributed by atoms with van der Waals surface area (Å²) < 4.78 is 0. The van der Waals surface area contributed by atoms with Crippen molar-refractivity contribution in [1.29, 1.82) is 0 Å². The van der Waals surface area contributed by atoms with E-state index in [0.717, 1.165) is 30.6 Å². The van der Waals surface area contributed by atoms with Gasteiger partial charge in [-0.05, 0) is 17.7 Å². The normalized spacial score (nSPS) is 25.6.